The zero-order chi connectivity index (χ0) is 14.5. The zero-order valence-electron chi connectivity index (χ0n) is 11.8. The van der Waals surface area contributed by atoms with Crippen LogP contribution in [0.2, 0.25) is 0 Å². The highest BCUT2D eigenvalue weighted by molar-refractivity contribution is 6.28. The van der Waals surface area contributed by atoms with Gasteiger partial charge in [-0.3, -0.25) is 4.79 Å². The van der Waals surface area contributed by atoms with Gasteiger partial charge in [-0.05, 0) is 13.3 Å². The number of aliphatic imine (C=N–C) groups is 1. The summed E-state index contributed by atoms with van der Waals surface area (Å²) in [6.45, 7) is 2.01. The van der Waals surface area contributed by atoms with Crippen LogP contribution in [0.3, 0.4) is 0 Å². The fraction of sp³-hybridized carbons (Fsp3) is 0.467. The van der Waals surface area contributed by atoms with E-state index in [2.05, 4.69) is 10.1 Å². The molecule has 0 saturated carbocycles. The SMILES string of the molecule is Cc1ccc(C(=O)CCCC2N=C(CCl)N=[N+]2C)cc1. The van der Waals surface area contributed by atoms with Crippen molar-refractivity contribution in [2.45, 2.75) is 32.4 Å². The molecule has 0 aromatic heterocycles. The highest BCUT2D eigenvalue weighted by Gasteiger charge is 2.25. The number of hydrogen-bond donors (Lipinski definition) is 0. The second-order valence-corrected chi connectivity index (χ2v) is 5.28. The van der Waals surface area contributed by atoms with E-state index in [0.717, 1.165) is 18.4 Å². The molecule has 0 bridgehead atoms. The lowest BCUT2D eigenvalue weighted by atomic mass is 10.0. The summed E-state index contributed by atoms with van der Waals surface area (Å²) in [6.07, 6.45) is 2.18. The molecule has 0 spiro atoms. The number of carbonyl (C=O) groups is 1. The number of amidine groups is 1. The highest BCUT2D eigenvalue weighted by atomic mass is 35.5. The minimum Gasteiger partial charge on any atom is -0.294 e. The van der Waals surface area contributed by atoms with Crippen LogP contribution in [0.1, 0.15) is 35.2 Å². The Bertz CT molecular complexity index is 549. The number of nitrogens with zero attached hydrogens (tertiary/aromatic N) is 3. The van der Waals surface area contributed by atoms with Crippen molar-refractivity contribution in [1.82, 2.24) is 0 Å². The molecule has 0 saturated heterocycles. The van der Waals surface area contributed by atoms with E-state index in [-0.39, 0.29) is 11.9 Å². The molecular formula is C15H19ClN3O+. The van der Waals surface area contributed by atoms with E-state index in [1.807, 2.05) is 42.9 Å². The third-order valence-electron chi connectivity index (χ3n) is 3.36. The number of hydrogen-bond acceptors (Lipinski definition) is 3. The number of benzene rings is 1. The monoisotopic (exact) mass is 292 g/mol. The van der Waals surface area contributed by atoms with Crippen LogP contribution in [-0.2, 0) is 0 Å². The molecule has 1 aliphatic rings. The number of Topliss-reactive ketones (excluding diaryl/α,β-unsaturated/α-hetero) is 1. The van der Waals surface area contributed by atoms with Gasteiger partial charge in [0.25, 0.3) is 6.17 Å². The van der Waals surface area contributed by atoms with E-state index in [1.54, 1.807) is 0 Å². The van der Waals surface area contributed by atoms with E-state index in [4.69, 9.17) is 11.6 Å². The molecule has 0 aliphatic carbocycles. The van der Waals surface area contributed by atoms with E-state index in [9.17, 15) is 4.79 Å². The Morgan fingerprint density at radius 1 is 1.35 bits per heavy atom. The predicted molar refractivity (Wildman–Crippen MR) is 79.9 cm³/mol. The average molecular weight is 293 g/mol. The fourth-order valence-corrected chi connectivity index (χ4v) is 2.29. The summed E-state index contributed by atoms with van der Waals surface area (Å²) in [5.41, 5.74) is 1.95. The summed E-state index contributed by atoms with van der Waals surface area (Å²) in [7, 11) is 1.88. The predicted octanol–water partition coefficient (Wildman–Crippen LogP) is 3.42. The maximum atomic E-state index is 12.0. The lowest BCUT2D eigenvalue weighted by Gasteiger charge is -2.03. The minimum atomic E-state index is 0.0227. The van der Waals surface area contributed by atoms with Crippen molar-refractivity contribution in [1.29, 1.82) is 0 Å². The van der Waals surface area contributed by atoms with Crippen molar-refractivity contribution in [3.8, 4) is 0 Å². The first-order valence-corrected chi connectivity index (χ1v) is 7.30. The normalized spacial score (nSPS) is 17.9. The van der Waals surface area contributed by atoms with Crippen LogP contribution in [0.15, 0.2) is 34.4 Å². The Morgan fingerprint density at radius 2 is 2.05 bits per heavy atom. The molecule has 1 unspecified atom stereocenters. The van der Waals surface area contributed by atoms with Gasteiger partial charge in [0.15, 0.2) is 12.8 Å². The molecular weight excluding hydrogens is 274 g/mol. The molecule has 0 fully saturated rings. The highest BCUT2D eigenvalue weighted by Crippen LogP contribution is 2.14. The molecule has 0 radical (unpaired) electrons. The van der Waals surface area contributed by atoms with E-state index >= 15 is 0 Å². The standard InChI is InChI=1S/C15H19ClN3O/c1-11-6-8-12(9-7-11)13(20)4-3-5-15-17-14(10-16)18-19(15)2/h6-9,15H,3-5,10H2,1-2H3/q+1. The first-order valence-electron chi connectivity index (χ1n) is 6.77. The number of azo groups is 2. The average Bonchev–Trinajstić information content (AvgIpc) is 2.80. The number of halogens is 1. The molecule has 1 aromatic rings. The number of carbonyl (C=O) groups excluding carboxylic acids is 1. The second kappa shape index (κ2) is 6.75. The van der Waals surface area contributed by atoms with Crippen molar-refractivity contribution in [2.24, 2.45) is 10.1 Å². The van der Waals surface area contributed by atoms with E-state index < -0.39 is 0 Å². The summed E-state index contributed by atoms with van der Waals surface area (Å²) < 4.78 is 1.81. The van der Waals surface area contributed by atoms with E-state index in [0.29, 0.717) is 18.1 Å². The summed E-state index contributed by atoms with van der Waals surface area (Å²) in [4.78, 5) is 16.4. The fourth-order valence-electron chi connectivity index (χ4n) is 2.17. The van der Waals surface area contributed by atoms with Crippen molar-refractivity contribution in [3.05, 3.63) is 35.4 Å². The van der Waals surface area contributed by atoms with Gasteiger partial charge >= 0.3 is 0 Å². The molecule has 4 nitrogen and oxygen atoms in total. The number of alkyl halides is 1. The number of ketones is 1. The van der Waals surface area contributed by atoms with Gasteiger partial charge in [-0.25, -0.2) is 0 Å². The van der Waals surface area contributed by atoms with Crippen LogP contribution < -0.4 is 0 Å². The summed E-state index contributed by atoms with van der Waals surface area (Å²) >= 11 is 5.71. The maximum absolute atomic E-state index is 12.0. The molecule has 0 N–H and O–H groups in total. The Kier molecular flexibility index (Phi) is 5.01. The molecule has 1 aliphatic heterocycles. The van der Waals surface area contributed by atoms with Gasteiger partial charge in [0.1, 0.15) is 0 Å². The first-order chi connectivity index (χ1) is 9.60. The zero-order valence-corrected chi connectivity index (χ0v) is 12.6. The lowest BCUT2D eigenvalue weighted by Crippen LogP contribution is -2.15. The van der Waals surface area contributed by atoms with Crippen LogP contribution in [0.4, 0.5) is 0 Å². The van der Waals surface area contributed by atoms with Crippen LogP contribution >= 0.6 is 11.6 Å². The van der Waals surface area contributed by atoms with Crippen LogP contribution in [0.5, 0.6) is 0 Å². The van der Waals surface area contributed by atoms with Gasteiger partial charge in [0, 0.05) is 23.5 Å². The molecule has 106 valence electrons. The Labute approximate surface area is 124 Å². The molecule has 5 heteroatoms. The van der Waals surface area contributed by atoms with Gasteiger partial charge < -0.3 is 0 Å². The topological polar surface area (TPSA) is 44.8 Å². The molecule has 20 heavy (non-hydrogen) atoms. The van der Waals surface area contributed by atoms with Crippen LogP contribution in [0.25, 0.3) is 0 Å². The largest absolute Gasteiger partial charge is 0.294 e. The van der Waals surface area contributed by atoms with Gasteiger partial charge in [-0.15, -0.1) is 11.6 Å². The van der Waals surface area contributed by atoms with Gasteiger partial charge in [-0.1, -0.05) is 34.5 Å². The Hall–Kier alpha value is -1.55. The number of rotatable bonds is 6. The molecule has 1 heterocycles. The third kappa shape index (κ3) is 3.73. The van der Waals surface area contributed by atoms with Gasteiger partial charge in [-0.2, -0.15) is 4.99 Å². The van der Waals surface area contributed by atoms with Crippen molar-refractivity contribution >= 4 is 23.2 Å². The van der Waals surface area contributed by atoms with Crippen molar-refractivity contribution in [2.75, 3.05) is 12.9 Å². The van der Waals surface area contributed by atoms with Crippen molar-refractivity contribution in [3.63, 3.8) is 0 Å². The summed E-state index contributed by atoms with van der Waals surface area (Å²) in [6, 6.07) is 7.71. The minimum absolute atomic E-state index is 0.0227. The molecule has 2 rings (SSSR count). The van der Waals surface area contributed by atoms with Crippen molar-refractivity contribution < 1.29 is 9.49 Å². The molecule has 1 atom stereocenters. The summed E-state index contributed by atoms with van der Waals surface area (Å²) in [5.74, 6) is 1.19. The molecule has 1 aromatic carbocycles. The lowest BCUT2D eigenvalue weighted by molar-refractivity contribution is -0.589. The molecule has 0 amide bonds. The van der Waals surface area contributed by atoms with Gasteiger partial charge in [0.2, 0.25) is 5.84 Å². The van der Waals surface area contributed by atoms with Gasteiger partial charge in [0.05, 0.1) is 5.88 Å². The van der Waals surface area contributed by atoms with Crippen LogP contribution in [0, 0.1) is 6.92 Å². The first kappa shape index (κ1) is 14.9. The van der Waals surface area contributed by atoms with E-state index in [1.165, 1.54) is 5.56 Å². The Balaban J connectivity index is 1.82. The quantitative estimate of drug-likeness (QED) is 0.450. The number of aryl methyl sites for hydroxylation is 1. The summed E-state index contributed by atoms with van der Waals surface area (Å²) in [5, 5.41) is 4.22. The van der Waals surface area contributed by atoms with Crippen LogP contribution in [-0.4, -0.2) is 35.4 Å². The maximum Gasteiger partial charge on any atom is 0.272 e. The Morgan fingerprint density at radius 3 is 2.65 bits per heavy atom. The smallest absolute Gasteiger partial charge is 0.272 e. The second-order valence-electron chi connectivity index (χ2n) is 5.01. The third-order valence-corrected chi connectivity index (χ3v) is 3.60.